The summed E-state index contributed by atoms with van der Waals surface area (Å²) in [5, 5.41) is 8.20. The normalized spacial score (nSPS) is 15.0. The highest BCUT2D eigenvalue weighted by molar-refractivity contribution is 5.68. The Balaban J connectivity index is 2.26. The van der Waals surface area contributed by atoms with Crippen LogP contribution in [0.1, 0.15) is 6.42 Å². The number of hydrogen-bond donors (Lipinski definition) is 1. The molecule has 0 amide bonds. The van der Waals surface area contributed by atoms with E-state index >= 15 is 0 Å². The van der Waals surface area contributed by atoms with E-state index in [0.29, 0.717) is 5.76 Å². The summed E-state index contributed by atoms with van der Waals surface area (Å²) in [6.45, 7) is -0.254. The molecule has 1 rings (SSSR count). The molecular weight excluding hydrogens is 132 g/mol. The van der Waals surface area contributed by atoms with Gasteiger partial charge in [0, 0.05) is 0 Å². The minimum absolute atomic E-state index is 0.254. The molecule has 0 spiro atoms. The number of rotatable bonds is 3. The monoisotopic (exact) mass is 140 g/mol. The lowest BCUT2D eigenvalue weighted by Gasteiger charge is -1.99. The predicted octanol–water partition coefficient (Wildman–Crippen LogP) is 0.931. The van der Waals surface area contributed by atoms with Gasteiger partial charge in [0.1, 0.15) is 5.76 Å². The summed E-state index contributed by atoms with van der Waals surface area (Å²) >= 11 is 0. The number of ether oxygens (including phenoxy) is 1. The number of allylic oxidation sites excluding steroid dienone is 3. The molecule has 54 valence electrons. The molecule has 3 nitrogen and oxygen atoms in total. The van der Waals surface area contributed by atoms with E-state index in [0.717, 1.165) is 6.42 Å². The molecule has 0 aromatic carbocycles. The van der Waals surface area contributed by atoms with Crippen molar-refractivity contribution < 1.29 is 14.6 Å². The van der Waals surface area contributed by atoms with Gasteiger partial charge in [-0.2, -0.15) is 0 Å². The van der Waals surface area contributed by atoms with Crippen molar-refractivity contribution in [3.05, 3.63) is 24.0 Å². The van der Waals surface area contributed by atoms with E-state index in [1.165, 1.54) is 0 Å². The number of carboxylic acids is 1. The van der Waals surface area contributed by atoms with E-state index in [4.69, 9.17) is 9.84 Å². The van der Waals surface area contributed by atoms with E-state index < -0.39 is 5.97 Å². The van der Waals surface area contributed by atoms with Gasteiger partial charge in [-0.15, -0.1) is 0 Å². The van der Waals surface area contributed by atoms with Gasteiger partial charge in [0.2, 0.25) is 0 Å². The van der Waals surface area contributed by atoms with Gasteiger partial charge >= 0.3 is 5.97 Å². The summed E-state index contributed by atoms with van der Waals surface area (Å²) in [6.07, 6.45) is 6.36. The van der Waals surface area contributed by atoms with Gasteiger partial charge in [0.15, 0.2) is 6.61 Å². The first-order valence-corrected chi connectivity index (χ1v) is 3.00. The van der Waals surface area contributed by atoms with E-state index in [1.807, 2.05) is 12.2 Å². The Hall–Kier alpha value is -1.25. The molecule has 0 heterocycles. The molecule has 1 aliphatic carbocycles. The van der Waals surface area contributed by atoms with Crippen LogP contribution < -0.4 is 0 Å². The Labute approximate surface area is 58.6 Å². The Morgan fingerprint density at radius 1 is 1.80 bits per heavy atom. The molecule has 0 aliphatic heterocycles. The highest BCUT2D eigenvalue weighted by Gasteiger charge is 2.00. The molecule has 10 heavy (non-hydrogen) atoms. The smallest absolute Gasteiger partial charge is 0.341 e. The Morgan fingerprint density at radius 3 is 3.10 bits per heavy atom. The molecular formula is C7H8O3. The average Bonchev–Trinajstić information content (AvgIpc) is 2.34. The van der Waals surface area contributed by atoms with Crippen LogP contribution in [0.5, 0.6) is 0 Å². The third-order valence-corrected chi connectivity index (χ3v) is 1.10. The van der Waals surface area contributed by atoms with Crippen LogP contribution in [0.2, 0.25) is 0 Å². The van der Waals surface area contributed by atoms with Crippen molar-refractivity contribution in [3.8, 4) is 0 Å². The van der Waals surface area contributed by atoms with Gasteiger partial charge in [-0.25, -0.2) is 4.79 Å². The van der Waals surface area contributed by atoms with Gasteiger partial charge in [0.05, 0.1) is 0 Å². The van der Waals surface area contributed by atoms with Crippen LogP contribution in [0.3, 0.4) is 0 Å². The Bertz CT molecular complexity index is 191. The fourth-order valence-corrected chi connectivity index (χ4v) is 0.689. The van der Waals surface area contributed by atoms with Crippen molar-refractivity contribution >= 4 is 5.97 Å². The summed E-state index contributed by atoms with van der Waals surface area (Å²) in [7, 11) is 0. The summed E-state index contributed by atoms with van der Waals surface area (Å²) in [6, 6.07) is 0. The van der Waals surface area contributed by atoms with Crippen LogP contribution in [0, 0.1) is 0 Å². The zero-order valence-electron chi connectivity index (χ0n) is 5.41. The largest absolute Gasteiger partial charge is 0.482 e. The lowest BCUT2D eigenvalue weighted by molar-refractivity contribution is -0.140. The highest BCUT2D eigenvalue weighted by Crippen LogP contribution is 2.08. The highest BCUT2D eigenvalue weighted by atomic mass is 16.5. The molecule has 0 unspecified atom stereocenters. The lowest BCUT2D eigenvalue weighted by atomic mass is 10.5. The summed E-state index contributed by atoms with van der Waals surface area (Å²) < 4.78 is 4.84. The number of carboxylic acid groups (broad SMARTS) is 1. The summed E-state index contributed by atoms with van der Waals surface area (Å²) in [5.74, 6) is -0.288. The van der Waals surface area contributed by atoms with Crippen molar-refractivity contribution in [2.75, 3.05) is 6.61 Å². The van der Waals surface area contributed by atoms with Gasteiger partial charge in [-0.3, -0.25) is 0 Å². The zero-order chi connectivity index (χ0) is 7.40. The molecule has 0 bridgehead atoms. The van der Waals surface area contributed by atoms with E-state index in [-0.39, 0.29) is 6.61 Å². The molecule has 1 N–H and O–H groups in total. The van der Waals surface area contributed by atoms with Crippen molar-refractivity contribution in [3.63, 3.8) is 0 Å². The van der Waals surface area contributed by atoms with Crippen molar-refractivity contribution in [1.82, 2.24) is 0 Å². The zero-order valence-corrected chi connectivity index (χ0v) is 5.41. The maximum absolute atomic E-state index is 9.98. The van der Waals surface area contributed by atoms with Crippen molar-refractivity contribution in [1.29, 1.82) is 0 Å². The number of hydrogen-bond acceptors (Lipinski definition) is 2. The quantitative estimate of drug-likeness (QED) is 0.634. The number of carbonyl (C=O) groups is 1. The van der Waals surface area contributed by atoms with Crippen LogP contribution in [0.4, 0.5) is 0 Å². The predicted molar refractivity (Wildman–Crippen MR) is 35.4 cm³/mol. The first-order valence-electron chi connectivity index (χ1n) is 3.00. The van der Waals surface area contributed by atoms with E-state index in [2.05, 4.69) is 0 Å². The standard InChI is InChI=1S/C7H8O3/c8-7(9)5-10-6-3-1-2-4-6/h1,3-4H,2,5H2,(H,8,9). The Morgan fingerprint density at radius 2 is 2.60 bits per heavy atom. The second-order valence-corrected chi connectivity index (χ2v) is 1.93. The molecule has 0 saturated carbocycles. The van der Waals surface area contributed by atoms with Gasteiger partial charge in [-0.1, -0.05) is 6.08 Å². The lowest BCUT2D eigenvalue weighted by Crippen LogP contribution is -2.05. The number of aliphatic carboxylic acids is 1. The van der Waals surface area contributed by atoms with Crippen LogP contribution in [-0.2, 0) is 9.53 Å². The minimum Gasteiger partial charge on any atom is -0.482 e. The molecule has 0 radical (unpaired) electrons. The van der Waals surface area contributed by atoms with Gasteiger partial charge in [-0.05, 0) is 18.6 Å². The first kappa shape index (κ1) is 6.86. The topological polar surface area (TPSA) is 46.5 Å². The van der Waals surface area contributed by atoms with Crippen molar-refractivity contribution in [2.45, 2.75) is 6.42 Å². The minimum atomic E-state index is -0.943. The molecule has 1 aliphatic rings. The van der Waals surface area contributed by atoms with Crippen LogP contribution in [0.25, 0.3) is 0 Å². The maximum atomic E-state index is 9.98. The Kier molecular flexibility index (Phi) is 2.10. The van der Waals surface area contributed by atoms with Gasteiger partial charge < -0.3 is 9.84 Å². The molecule has 3 heteroatoms. The van der Waals surface area contributed by atoms with Crippen LogP contribution >= 0.6 is 0 Å². The maximum Gasteiger partial charge on any atom is 0.341 e. The third-order valence-electron chi connectivity index (χ3n) is 1.10. The fraction of sp³-hybridized carbons (Fsp3) is 0.286. The molecule has 0 saturated heterocycles. The second-order valence-electron chi connectivity index (χ2n) is 1.93. The molecule has 0 aromatic rings. The average molecular weight is 140 g/mol. The summed E-state index contributed by atoms with van der Waals surface area (Å²) in [4.78, 5) is 9.98. The van der Waals surface area contributed by atoms with Gasteiger partial charge in [0.25, 0.3) is 0 Å². The molecule has 0 aromatic heterocycles. The first-order chi connectivity index (χ1) is 4.79. The second kappa shape index (κ2) is 3.06. The van der Waals surface area contributed by atoms with Crippen LogP contribution in [-0.4, -0.2) is 17.7 Å². The SMILES string of the molecule is O=C(O)COC1=CCC=C1. The van der Waals surface area contributed by atoms with Crippen LogP contribution in [0.15, 0.2) is 24.0 Å². The fourth-order valence-electron chi connectivity index (χ4n) is 0.689. The third kappa shape index (κ3) is 1.93. The molecule has 0 fully saturated rings. The summed E-state index contributed by atoms with van der Waals surface area (Å²) in [5.41, 5.74) is 0. The molecule has 0 atom stereocenters. The van der Waals surface area contributed by atoms with Crippen molar-refractivity contribution in [2.24, 2.45) is 0 Å². The van der Waals surface area contributed by atoms with E-state index in [1.54, 1.807) is 6.08 Å². The van der Waals surface area contributed by atoms with E-state index in [9.17, 15) is 4.79 Å².